The number of hydrogen-bond donors (Lipinski definition) is 0. The monoisotopic (exact) mass is 455 g/mol. The lowest BCUT2D eigenvalue weighted by Crippen LogP contribution is -2.27. The summed E-state index contributed by atoms with van der Waals surface area (Å²) in [5, 5.41) is 1.52. The minimum atomic E-state index is 0.146. The van der Waals surface area contributed by atoms with Gasteiger partial charge in [0.05, 0.1) is 17.1 Å². The number of benzene rings is 1. The molecule has 5 rings (SSSR count). The maximum absolute atomic E-state index is 6.31. The zero-order chi connectivity index (χ0) is 19.1. The van der Waals surface area contributed by atoms with Crippen LogP contribution in [0.4, 0.5) is 0 Å². The first-order valence-corrected chi connectivity index (χ1v) is 10.6. The van der Waals surface area contributed by atoms with Crippen LogP contribution < -0.4 is 0 Å². The van der Waals surface area contributed by atoms with E-state index in [9.17, 15) is 0 Å². The van der Waals surface area contributed by atoms with Gasteiger partial charge in [0, 0.05) is 29.3 Å². The van der Waals surface area contributed by atoms with Gasteiger partial charge in [0.1, 0.15) is 10.8 Å². The van der Waals surface area contributed by atoms with Crippen molar-refractivity contribution in [3.05, 3.63) is 69.9 Å². The highest BCUT2D eigenvalue weighted by atomic mass is 79.9. The molecule has 1 fully saturated rings. The van der Waals surface area contributed by atoms with Gasteiger partial charge in [-0.3, -0.25) is 4.98 Å². The van der Waals surface area contributed by atoms with E-state index in [-0.39, 0.29) is 6.04 Å². The van der Waals surface area contributed by atoms with Gasteiger partial charge in [0.15, 0.2) is 0 Å². The molecule has 0 unspecified atom stereocenters. The molecule has 28 heavy (non-hydrogen) atoms. The van der Waals surface area contributed by atoms with Gasteiger partial charge < -0.3 is 9.30 Å². The van der Waals surface area contributed by atoms with Crippen LogP contribution >= 0.6 is 27.5 Å². The normalized spacial score (nSPS) is 16.6. The van der Waals surface area contributed by atoms with E-state index in [1.165, 1.54) is 5.56 Å². The average Bonchev–Trinajstić information content (AvgIpc) is 3.02. The van der Waals surface area contributed by atoms with Gasteiger partial charge in [-0.1, -0.05) is 41.9 Å². The number of aromatic nitrogens is 3. The third-order valence-electron chi connectivity index (χ3n) is 5.55. The average molecular weight is 457 g/mol. The Labute approximate surface area is 176 Å². The summed E-state index contributed by atoms with van der Waals surface area (Å²) in [7, 11) is 0. The third kappa shape index (κ3) is 3.11. The number of rotatable bonds is 3. The van der Waals surface area contributed by atoms with E-state index >= 15 is 0 Å². The molecule has 1 saturated heterocycles. The minimum absolute atomic E-state index is 0.146. The number of hydrogen-bond acceptors (Lipinski definition) is 3. The number of halogens is 2. The van der Waals surface area contributed by atoms with Crippen molar-refractivity contribution in [1.82, 2.24) is 14.5 Å². The van der Waals surface area contributed by atoms with Crippen LogP contribution in [0.2, 0.25) is 5.15 Å². The van der Waals surface area contributed by atoms with Crippen LogP contribution in [0.25, 0.3) is 22.1 Å². The first-order chi connectivity index (χ1) is 13.7. The molecule has 4 heterocycles. The molecule has 1 aliphatic heterocycles. The summed E-state index contributed by atoms with van der Waals surface area (Å²) in [6.45, 7) is 1.59. The Morgan fingerprint density at radius 2 is 1.89 bits per heavy atom. The highest BCUT2D eigenvalue weighted by molar-refractivity contribution is 9.10. The van der Waals surface area contributed by atoms with E-state index in [1.54, 1.807) is 0 Å². The summed E-state index contributed by atoms with van der Waals surface area (Å²) < 4.78 is 8.94. The molecule has 0 bridgehead atoms. The second-order valence-corrected chi connectivity index (χ2v) is 8.50. The highest BCUT2D eigenvalue weighted by Gasteiger charge is 2.30. The Morgan fingerprint density at radius 3 is 2.68 bits per heavy atom. The summed E-state index contributed by atoms with van der Waals surface area (Å²) in [6.07, 6.45) is 3.87. The molecule has 1 aliphatic rings. The second kappa shape index (κ2) is 7.47. The largest absolute Gasteiger partial charge is 0.381 e. The van der Waals surface area contributed by atoms with E-state index in [1.807, 2.05) is 18.3 Å². The van der Waals surface area contributed by atoms with Crippen LogP contribution in [0.1, 0.15) is 24.4 Å². The van der Waals surface area contributed by atoms with Crippen molar-refractivity contribution < 1.29 is 4.74 Å². The molecule has 4 aromatic rings. The molecule has 0 spiro atoms. The third-order valence-corrected chi connectivity index (χ3v) is 6.19. The van der Waals surface area contributed by atoms with Crippen molar-refractivity contribution in [1.29, 1.82) is 0 Å². The lowest BCUT2D eigenvalue weighted by atomic mass is 9.86. The fourth-order valence-electron chi connectivity index (χ4n) is 4.32. The topological polar surface area (TPSA) is 39.9 Å². The lowest BCUT2D eigenvalue weighted by molar-refractivity contribution is 0.0552. The van der Waals surface area contributed by atoms with Gasteiger partial charge >= 0.3 is 0 Å². The molecule has 3 aromatic heterocycles. The van der Waals surface area contributed by atoms with E-state index < -0.39 is 0 Å². The Bertz CT molecular complexity index is 1080. The number of nitrogens with zero attached hydrogens (tertiary/aromatic N) is 3. The predicted octanol–water partition coefficient (Wildman–Crippen LogP) is 6.02. The molecule has 6 heteroatoms. The van der Waals surface area contributed by atoms with Crippen molar-refractivity contribution in [2.75, 3.05) is 13.2 Å². The Balaban J connectivity index is 1.84. The molecule has 1 atom stereocenters. The standard InChI is InChI=1S/C22H19BrClN3O/c23-16-12-18-20(25-13-16)17-6-7-19(24)26-22(17)27(18)21(14-4-2-1-3-5-14)15-8-10-28-11-9-15/h1-7,12-13,15,21H,8-11H2/t21-/m1/s1. The van der Waals surface area contributed by atoms with E-state index in [0.29, 0.717) is 11.1 Å². The molecule has 0 amide bonds. The second-order valence-electron chi connectivity index (χ2n) is 7.20. The molecule has 0 aliphatic carbocycles. The zero-order valence-electron chi connectivity index (χ0n) is 15.2. The Kier molecular flexibility index (Phi) is 4.83. The number of pyridine rings is 2. The van der Waals surface area contributed by atoms with Crippen LogP contribution in [-0.4, -0.2) is 27.7 Å². The van der Waals surface area contributed by atoms with E-state index in [4.69, 9.17) is 26.3 Å². The van der Waals surface area contributed by atoms with Gasteiger partial charge in [-0.05, 0) is 58.5 Å². The van der Waals surface area contributed by atoms with Crippen LogP contribution in [0, 0.1) is 5.92 Å². The smallest absolute Gasteiger partial charge is 0.144 e. The van der Waals surface area contributed by atoms with Gasteiger partial charge in [-0.2, -0.15) is 0 Å². The molecular weight excluding hydrogens is 438 g/mol. The van der Waals surface area contributed by atoms with Crippen molar-refractivity contribution in [3.8, 4) is 0 Å². The molecule has 1 aromatic carbocycles. The van der Waals surface area contributed by atoms with Crippen molar-refractivity contribution in [2.24, 2.45) is 5.92 Å². The molecule has 4 nitrogen and oxygen atoms in total. The van der Waals surface area contributed by atoms with Crippen molar-refractivity contribution >= 4 is 49.6 Å². The highest BCUT2D eigenvalue weighted by Crippen LogP contribution is 2.40. The van der Waals surface area contributed by atoms with Gasteiger partial charge in [0.2, 0.25) is 0 Å². The summed E-state index contributed by atoms with van der Waals surface area (Å²) in [6, 6.07) is 16.8. The first kappa shape index (κ1) is 18.1. The van der Waals surface area contributed by atoms with Crippen LogP contribution in [0.15, 0.2) is 59.2 Å². The van der Waals surface area contributed by atoms with Gasteiger partial charge in [-0.15, -0.1) is 0 Å². The van der Waals surface area contributed by atoms with Crippen molar-refractivity contribution in [2.45, 2.75) is 18.9 Å². The quantitative estimate of drug-likeness (QED) is 0.354. The molecule has 142 valence electrons. The Morgan fingerprint density at radius 1 is 1.11 bits per heavy atom. The van der Waals surface area contributed by atoms with Crippen LogP contribution in [0.5, 0.6) is 0 Å². The fourth-order valence-corrected chi connectivity index (χ4v) is 4.79. The predicted molar refractivity (Wildman–Crippen MR) is 116 cm³/mol. The molecule has 0 radical (unpaired) electrons. The van der Waals surface area contributed by atoms with Gasteiger partial charge in [0.25, 0.3) is 0 Å². The van der Waals surface area contributed by atoms with Crippen molar-refractivity contribution in [3.63, 3.8) is 0 Å². The first-order valence-electron chi connectivity index (χ1n) is 9.47. The minimum Gasteiger partial charge on any atom is -0.381 e. The molecule has 0 N–H and O–H groups in total. The van der Waals surface area contributed by atoms with Gasteiger partial charge in [-0.25, -0.2) is 4.98 Å². The fraction of sp³-hybridized carbons (Fsp3) is 0.273. The SMILES string of the molecule is Clc1ccc2c3ncc(Br)cc3n([C@H](c3ccccc3)C3CCOCC3)c2n1. The number of fused-ring (bicyclic) bond motifs is 3. The van der Waals surface area contributed by atoms with E-state index in [2.05, 4.69) is 56.9 Å². The molecule has 0 saturated carbocycles. The summed E-state index contributed by atoms with van der Waals surface area (Å²) in [4.78, 5) is 9.43. The van der Waals surface area contributed by atoms with Crippen LogP contribution in [-0.2, 0) is 4.74 Å². The number of ether oxygens (including phenoxy) is 1. The lowest BCUT2D eigenvalue weighted by Gasteiger charge is -2.32. The Hall–Kier alpha value is -1.95. The van der Waals surface area contributed by atoms with E-state index in [0.717, 1.165) is 52.6 Å². The maximum Gasteiger partial charge on any atom is 0.144 e. The summed E-state index contributed by atoms with van der Waals surface area (Å²) in [5.74, 6) is 0.453. The van der Waals surface area contributed by atoms with Crippen LogP contribution in [0.3, 0.4) is 0 Å². The molecular formula is C22H19BrClN3O. The summed E-state index contributed by atoms with van der Waals surface area (Å²) >= 11 is 9.91. The summed E-state index contributed by atoms with van der Waals surface area (Å²) in [5.41, 5.74) is 4.18. The zero-order valence-corrected chi connectivity index (χ0v) is 17.5. The maximum atomic E-state index is 6.31.